The van der Waals surface area contributed by atoms with Gasteiger partial charge in [-0.1, -0.05) is 13.8 Å². The fourth-order valence-electron chi connectivity index (χ4n) is 3.48. The van der Waals surface area contributed by atoms with Crippen molar-refractivity contribution < 1.29 is 24.2 Å². The average Bonchev–Trinajstić information content (AvgIpc) is 3.16. The van der Waals surface area contributed by atoms with Gasteiger partial charge >= 0.3 is 11.9 Å². The van der Waals surface area contributed by atoms with Gasteiger partial charge < -0.3 is 19.9 Å². The standard InChI is InChI=1S/C22H24INO5/c1-4-28-22(27)21(26)24-18-11-17(23)20(15-7-5-6-14(15)18)29-13-8-9-19(25)16(10-13)12(2)3/h8-12,25H,4-7H2,1-3H3,(H,24,26). The summed E-state index contributed by atoms with van der Waals surface area (Å²) in [7, 11) is 0. The monoisotopic (exact) mass is 509 g/mol. The Morgan fingerprint density at radius 2 is 1.93 bits per heavy atom. The van der Waals surface area contributed by atoms with Crippen molar-refractivity contribution in [3.8, 4) is 17.2 Å². The van der Waals surface area contributed by atoms with Gasteiger partial charge in [-0.3, -0.25) is 4.79 Å². The first-order valence-corrected chi connectivity index (χ1v) is 10.7. The van der Waals surface area contributed by atoms with Gasteiger partial charge in [0.15, 0.2) is 0 Å². The quantitative estimate of drug-likeness (QED) is 0.340. The molecule has 6 nitrogen and oxygen atoms in total. The van der Waals surface area contributed by atoms with E-state index in [1.54, 1.807) is 19.1 Å². The topological polar surface area (TPSA) is 84.9 Å². The molecule has 2 aromatic rings. The molecule has 0 unspecified atom stereocenters. The van der Waals surface area contributed by atoms with E-state index in [-0.39, 0.29) is 18.3 Å². The summed E-state index contributed by atoms with van der Waals surface area (Å²) in [5, 5.41) is 12.7. The number of nitrogens with one attached hydrogen (secondary N) is 1. The number of hydrogen-bond acceptors (Lipinski definition) is 5. The molecule has 1 aliphatic rings. The van der Waals surface area contributed by atoms with Crippen LogP contribution in [0.4, 0.5) is 5.69 Å². The Balaban J connectivity index is 1.92. The van der Waals surface area contributed by atoms with Crippen LogP contribution in [-0.4, -0.2) is 23.6 Å². The van der Waals surface area contributed by atoms with E-state index in [0.29, 0.717) is 11.4 Å². The third-order valence-electron chi connectivity index (χ3n) is 4.85. The van der Waals surface area contributed by atoms with E-state index in [2.05, 4.69) is 27.9 Å². The van der Waals surface area contributed by atoms with E-state index < -0.39 is 11.9 Å². The zero-order chi connectivity index (χ0) is 21.1. The molecule has 7 heteroatoms. The molecule has 2 N–H and O–H groups in total. The molecule has 0 radical (unpaired) electrons. The number of amides is 1. The number of carbonyl (C=O) groups excluding carboxylic acids is 2. The third-order valence-corrected chi connectivity index (χ3v) is 5.66. The van der Waals surface area contributed by atoms with Crippen LogP contribution in [0, 0.1) is 3.57 Å². The van der Waals surface area contributed by atoms with Crippen molar-refractivity contribution in [3.05, 3.63) is 44.5 Å². The van der Waals surface area contributed by atoms with Gasteiger partial charge in [-0.2, -0.15) is 0 Å². The number of phenolic OH excluding ortho intramolecular Hbond substituents is 1. The van der Waals surface area contributed by atoms with E-state index in [9.17, 15) is 14.7 Å². The Kier molecular flexibility index (Phi) is 6.66. The van der Waals surface area contributed by atoms with Crippen LogP contribution in [0.3, 0.4) is 0 Å². The van der Waals surface area contributed by atoms with Gasteiger partial charge in [-0.15, -0.1) is 0 Å². The Bertz CT molecular complexity index is 955. The smallest absolute Gasteiger partial charge is 0.397 e. The lowest BCUT2D eigenvalue weighted by molar-refractivity contribution is -0.152. The summed E-state index contributed by atoms with van der Waals surface area (Å²) < 4.78 is 11.8. The maximum absolute atomic E-state index is 12.1. The summed E-state index contributed by atoms with van der Waals surface area (Å²) in [6, 6.07) is 7.07. The molecule has 0 aliphatic heterocycles. The van der Waals surface area contributed by atoms with Crippen LogP contribution in [0.5, 0.6) is 17.2 Å². The summed E-state index contributed by atoms with van der Waals surface area (Å²) in [4.78, 5) is 23.8. The second-order valence-electron chi connectivity index (χ2n) is 7.20. The first-order valence-electron chi connectivity index (χ1n) is 9.64. The molecule has 0 heterocycles. The second kappa shape index (κ2) is 9.02. The van der Waals surface area contributed by atoms with Crippen molar-refractivity contribution in [2.24, 2.45) is 0 Å². The summed E-state index contributed by atoms with van der Waals surface area (Å²) in [6.07, 6.45) is 2.58. The number of rotatable bonds is 5. The molecule has 0 fully saturated rings. The summed E-state index contributed by atoms with van der Waals surface area (Å²) >= 11 is 2.17. The van der Waals surface area contributed by atoms with Gasteiger partial charge in [0, 0.05) is 16.8 Å². The summed E-state index contributed by atoms with van der Waals surface area (Å²) in [5.41, 5.74) is 3.48. The zero-order valence-electron chi connectivity index (χ0n) is 16.7. The van der Waals surface area contributed by atoms with E-state index in [1.807, 2.05) is 26.0 Å². The Labute approximate surface area is 183 Å². The molecule has 0 spiro atoms. The van der Waals surface area contributed by atoms with Gasteiger partial charge in [-0.05, 0) is 84.5 Å². The predicted molar refractivity (Wildman–Crippen MR) is 119 cm³/mol. The number of phenols is 1. The number of anilines is 1. The molecule has 154 valence electrons. The van der Waals surface area contributed by atoms with Gasteiger partial charge in [0.05, 0.1) is 10.2 Å². The predicted octanol–water partition coefficient (Wildman–Crippen LogP) is 4.90. The van der Waals surface area contributed by atoms with Gasteiger partial charge in [0.1, 0.15) is 17.2 Å². The number of benzene rings is 2. The fourth-order valence-corrected chi connectivity index (χ4v) is 4.23. The Hall–Kier alpha value is -2.29. The minimum atomic E-state index is -0.889. The van der Waals surface area contributed by atoms with Crippen molar-refractivity contribution in [1.82, 2.24) is 0 Å². The first kappa shape index (κ1) is 21.4. The largest absolute Gasteiger partial charge is 0.508 e. The van der Waals surface area contributed by atoms with Crippen LogP contribution in [0.1, 0.15) is 49.8 Å². The van der Waals surface area contributed by atoms with E-state index in [0.717, 1.165) is 45.3 Å². The van der Waals surface area contributed by atoms with Crippen LogP contribution in [-0.2, 0) is 27.2 Å². The molecule has 0 saturated heterocycles. The number of ether oxygens (including phenoxy) is 2. The minimum Gasteiger partial charge on any atom is -0.508 e. The molecule has 0 atom stereocenters. The number of esters is 1. The van der Waals surface area contributed by atoms with Crippen LogP contribution < -0.4 is 10.1 Å². The molecule has 1 aliphatic carbocycles. The lowest BCUT2D eigenvalue weighted by Gasteiger charge is -2.18. The van der Waals surface area contributed by atoms with Gasteiger partial charge in [-0.25, -0.2) is 4.79 Å². The van der Waals surface area contributed by atoms with E-state index in [1.165, 1.54) is 0 Å². The minimum absolute atomic E-state index is 0.152. The maximum atomic E-state index is 12.1. The molecule has 2 aromatic carbocycles. The van der Waals surface area contributed by atoms with E-state index in [4.69, 9.17) is 9.47 Å². The maximum Gasteiger partial charge on any atom is 0.397 e. The zero-order valence-corrected chi connectivity index (χ0v) is 18.8. The number of halogens is 1. The molecular weight excluding hydrogens is 485 g/mol. The lowest BCUT2D eigenvalue weighted by atomic mass is 10.0. The highest BCUT2D eigenvalue weighted by Crippen LogP contribution is 2.42. The molecule has 1 amide bonds. The molecular formula is C22H24INO5. The van der Waals surface area contributed by atoms with Gasteiger partial charge in [0.2, 0.25) is 0 Å². The SMILES string of the molecule is CCOC(=O)C(=O)Nc1cc(I)c(Oc2ccc(O)c(C(C)C)c2)c2c1CCC2. The second-order valence-corrected chi connectivity index (χ2v) is 8.36. The van der Waals surface area contributed by atoms with Crippen molar-refractivity contribution in [3.63, 3.8) is 0 Å². The van der Waals surface area contributed by atoms with Crippen molar-refractivity contribution >= 4 is 40.2 Å². The Morgan fingerprint density at radius 1 is 1.21 bits per heavy atom. The lowest BCUT2D eigenvalue weighted by Crippen LogP contribution is -2.25. The molecule has 29 heavy (non-hydrogen) atoms. The van der Waals surface area contributed by atoms with Crippen molar-refractivity contribution in [2.45, 2.75) is 46.0 Å². The molecule has 0 saturated carbocycles. The summed E-state index contributed by atoms with van der Waals surface area (Å²) in [6.45, 7) is 5.84. The third kappa shape index (κ3) is 4.66. The molecule has 3 rings (SSSR count). The van der Waals surface area contributed by atoms with Crippen molar-refractivity contribution in [1.29, 1.82) is 0 Å². The Morgan fingerprint density at radius 3 is 2.62 bits per heavy atom. The van der Waals surface area contributed by atoms with E-state index >= 15 is 0 Å². The highest BCUT2D eigenvalue weighted by Gasteiger charge is 2.25. The normalized spacial score (nSPS) is 12.6. The summed E-state index contributed by atoms with van der Waals surface area (Å²) in [5.74, 6) is 0.174. The van der Waals surface area contributed by atoms with Gasteiger partial charge in [0.25, 0.3) is 0 Å². The fraction of sp³-hybridized carbons (Fsp3) is 0.364. The number of fused-ring (bicyclic) bond motifs is 1. The van der Waals surface area contributed by atoms with Crippen LogP contribution in [0.25, 0.3) is 0 Å². The van der Waals surface area contributed by atoms with Crippen molar-refractivity contribution in [2.75, 3.05) is 11.9 Å². The number of carbonyl (C=O) groups is 2. The highest BCUT2D eigenvalue weighted by molar-refractivity contribution is 14.1. The number of hydrogen-bond donors (Lipinski definition) is 2. The number of aromatic hydroxyl groups is 1. The first-order chi connectivity index (χ1) is 13.8. The average molecular weight is 509 g/mol. The molecule has 0 aromatic heterocycles. The van der Waals surface area contributed by atoms with Crippen LogP contribution >= 0.6 is 22.6 Å². The van der Waals surface area contributed by atoms with Crippen LogP contribution in [0.15, 0.2) is 24.3 Å². The molecule has 0 bridgehead atoms. The van der Waals surface area contributed by atoms with Crippen LogP contribution in [0.2, 0.25) is 0 Å². The highest BCUT2D eigenvalue weighted by atomic mass is 127.